The van der Waals surface area contributed by atoms with Crippen molar-refractivity contribution in [3.63, 3.8) is 0 Å². The summed E-state index contributed by atoms with van der Waals surface area (Å²) in [4.78, 5) is 22.6. The fraction of sp³-hybridized carbons (Fsp3) is 0.750. The van der Waals surface area contributed by atoms with Gasteiger partial charge in [0.2, 0.25) is 0 Å². The largest absolute Gasteiger partial charge is 0.462 e. The minimum Gasteiger partial charge on any atom is -0.462 e. The summed E-state index contributed by atoms with van der Waals surface area (Å²) in [6.45, 7) is 11.6. The lowest BCUT2D eigenvalue weighted by Crippen LogP contribution is -2.43. The number of rotatable bonds is 10. The molecule has 0 amide bonds. The Bertz CT molecular complexity index is 619. The highest BCUT2D eigenvalue weighted by Crippen LogP contribution is 2.34. The van der Waals surface area contributed by atoms with Crippen molar-refractivity contribution in [2.75, 3.05) is 13.2 Å². The Morgan fingerprint density at radius 3 is 2.57 bits per heavy atom. The predicted molar refractivity (Wildman–Crippen MR) is 117 cm³/mol. The molecule has 0 aliphatic carbocycles. The average molecular weight is 425 g/mol. The average Bonchev–Trinajstić information content (AvgIpc) is 2.79. The molecule has 1 N–H and O–H groups in total. The van der Waals surface area contributed by atoms with Crippen molar-refractivity contribution >= 4 is 11.9 Å². The molecule has 1 heterocycles. The SMILES string of the molecule is CC(=O)OCC=C1CC[C@@H](OC(C)=O)[C@](C)(CCCC(C)C(O)CC=C(C)C)OC1. The van der Waals surface area contributed by atoms with Crippen LogP contribution in [0.25, 0.3) is 0 Å². The van der Waals surface area contributed by atoms with Crippen LogP contribution in [0, 0.1) is 5.92 Å². The van der Waals surface area contributed by atoms with E-state index >= 15 is 0 Å². The van der Waals surface area contributed by atoms with Crippen LogP contribution in [0.5, 0.6) is 0 Å². The predicted octanol–water partition coefficient (Wildman–Crippen LogP) is 4.50. The fourth-order valence-electron chi connectivity index (χ4n) is 3.66. The number of carbonyl (C=O) groups excluding carboxylic acids is 2. The van der Waals surface area contributed by atoms with Crippen LogP contribution in [0.1, 0.15) is 80.1 Å². The number of allylic oxidation sites excluding steroid dienone is 1. The van der Waals surface area contributed by atoms with Crippen molar-refractivity contribution in [1.29, 1.82) is 0 Å². The number of esters is 2. The number of ether oxygens (including phenoxy) is 3. The first-order valence-electron chi connectivity index (χ1n) is 11.0. The Hall–Kier alpha value is -1.66. The molecular weight excluding hydrogens is 384 g/mol. The topological polar surface area (TPSA) is 82.1 Å². The van der Waals surface area contributed by atoms with Crippen LogP contribution in [0.3, 0.4) is 0 Å². The zero-order chi connectivity index (χ0) is 22.7. The van der Waals surface area contributed by atoms with Crippen LogP contribution < -0.4 is 0 Å². The smallest absolute Gasteiger partial charge is 0.303 e. The highest BCUT2D eigenvalue weighted by molar-refractivity contribution is 5.66. The molecule has 4 atom stereocenters. The van der Waals surface area contributed by atoms with Crippen LogP contribution >= 0.6 is 0 Å². The van der Waals surface area contributed by atoms with Gasteiger partial charge in [0.05, 0.1) is 12.7 Å². The highest BCUT2D eigenvalue weighted by atomic mass is 16.6. The van der Waals surface area contributed by atoms with Crippen molar-refractivity contribution in [3.8, 4) is 0 Å². The van der Waals surface area contributed by atoms with Crippen molar-refractivity contribution < 1.29 is 28.9 Å². The second kappa shape index (κ2) is 12.9. The monoisotopic (exact) mass is 424 g/mol. The molecule has 0 aromatic rings. The van der Waals surface area contributed by atoms with E-state index in [2.05, 4.69) is 13.0 Å². The Morgan fingerprint density at radius 1 is 1.27 bits per heavy atom. The summed E-state index contributed by atoms with van der Waals surface area (Å²) in [6, 6.07) is 0. The van der Waals surface area contributed by atoms with E-state index in [1.165, 1.54) is 19.4 Å². The van der Waals surface area contributed by atoms with Crippen LogP contribution in [0.15, 0.2) is 23.3 Å². The third-order valence-electron chi connectivity index (χ3n) is 5.72. The molecule has 1 rings (SSSR count). The Labute approximate surface area is 181 Å². The number of aliphatic hydroxyl groups excluding tert-OH is 1. The highest BCUT2D eigenvalue weighted by Gasteiger charge is 2.39. The lowest BCUT2D eigenvalue weighted by molar-refractivity contribution is -0.167. The molecule has 0 spiro atoms. The van der Waals surface area contributed by atoms with Gasteiger partial charge in [-0.15, -0.1) is 0 Å². The quantitative estimate of drug-likeness (QED) is 0.411. The van der Waals surface area contributed by atoms with Gasteiger partial charge < -0.3 is 19.3 Å². The first kappa shape index (κ1) is 26.4. The van der Waals surface area contributed by atoms with E-state index < -0.39 is 5.60 Å². The molecule has 0 bridgehead atoms. The minimum absolute atomic E-state index is 0.182. The fourth-order valence-corrected chi connectivity index (χ4v) is 3.66. The van der Waals surface area contributed by atoms with Gasteiger partial charge in [-0.25, -0.2) is 0 Å². The maximum absolute atomic E-state index is 11.7. The third kappa shape index (κ3) is 9.90. The maximum Gasteiger partial charge on any atom is 0.303 e. The van der Waals surface area contributed by atoms with Gasteiger partial charge in [-0.2, -0.15) is 0 Å². The first-order chi connectivity index (χ1) is 14.0. The summed E-state index contributed by atoms with van der Waals surface area (Å²) in [6.07, 6.45) is 7.80. The summed E-state index contributed by atoms with van der Waals surface area (Å²) in [5.74, 6) is -0.445. The molecule has 6 heteroatoms. The lowest BCUT2D eigenvalue weighted by Gasteiger charge is -2.35. The van der Waals surface area contributed by atoms with Gasteiger partial charge in [-0.1, -0.05) is 25.0 Å². The Morgan fingerprint density at radius 2 is 1.97 bits per heavy atom. The number of hydrogen-bond acceptors (Lipinski definition) is 6. The summed E-state index contributed by atoms with van der Waals surface area (Å²) < 4.78 is 16.8. The Kier molecular flexibility index (Phi) is 11.3. The Balaban J connectivity index is 2.70. The van der Waals surface area contributed by atoms with E-state index in [-0.39, 0.29) is 36.7 Å². The van der Waals surface area contributed by atoms with Gasteiger partial charge in [0.1, 0.15) is 18.3 Å². The molecule has 30 heavy (non-hydrogen) atoms. The normalized spacial score (nSPS) is 25.2. The van der Waals surface area contributed by atoms with Crippen molar-refractivity contribution in [2.24, 2.45) is 5.92 Å². The maximum atomic E-state index is 11.7. The molecule has 172 valence electrons. The van der Waals surface area contributed by atoms with Gasteiger partial charge in [-0.05, 0) is 70.4 Å². The van der Waals surface area contributed by atoms with Gasteiger partial charge >= 0.3 is 11.9 Å². The lowest BCUT2D eigenvalue weighted by atomic mass is 9.87. The van der Waals surface area contributed by atoms with Gasteiger partial charge in [-0.3, -0.25) is 9.59 Å². The molecule has 0 saturated carbocycles. The zero-order valence-electron chi connectivity index (χ0n) is 19.5. The van der Waals surface area contributed by atoms with Crippen molar-refractivity contribution in [1.82, 2.24) is 0 Å². The molecule has 2 unspecified atom stereocenters. The van der Waals surface area contributed by atoms with Gasteiger partial charge in [0, 0.05) is 13.8 Å². The van der Waals surface area contributed by atoms with Crippen LogP contribution in [0.2, 0.25) is 0 Å². The second-order valence-corrected chi connectivity index (χ2v) is 8.86. The first-order valence-corrected chi connectivity index (χ1v) is 11.0. The van der Waals surface area contributed by atoms with E-state index in [4.69, 9.17) is 14.2 Å². The molecule has 0 radical (unpaired) electrons. The molecule has 6 nitrogen and oxygen atoms in total. The van der Waals surface area contributed by atoms with Gasteiger partial charge in [0.15, 0.2) is 0 Å². The molecule has 0 aromatic carbocycles. The van der Waals surface area contributed by atoms with Crippen molar-refractivity contribution in [2.45, 2.75) is 97.9 Å². The van der Waals surface area contributed by atoms with Crippen LogP contribution in [0.4, 0.5) is 0 Å². The number of aliphatic hydroxyl groups is 1. The second-order valence-electron chi connectivity index (χ2n) is 8.86. The molecular formula is C24H40O6. The van der Waals surface area contributed by atoms with E-state index in [0.717, 1.165) is 31.3 Å². The molecule has 1 aliphatic heterocycles. The van der Waals surface area contributed by atoms with E-state index in [1.54, 1.807) is 0 Å². The number of carbonyl (C=O) groups is 2. The van der Waals surface area contributed by atoms with Crippen molar-refractivity contribution in [3.05, 3.63) is 23.3 Å². The molecule has 1 fully saturated rings. The standard InChI is InChI=1S/C24H40O6/c1-17(2)9-11-22(27)18(3)8-7-14-24(6)23(30-20(5)26)12-10-21(16-29-24)13-15-28-19(4)25/h9,13,18,22-23,27H,7-8,10-12,14-16H2,1-6H3/t18?,22?,23-,24+/m1/s1. The van der Waals surface area contributed by atoms with E-state index in [0.29, 0.717) is 19.4 Å². The number of hydrogen-bond donors (Lipinski definition) is 1. The van der Waals surface area contributed by atoms with E-state index in [1.807, 2.05) is 26.8 Å². The molecule has 0 aromatic heterocycles. The molecule has 1 saturated heterocycles. The van der Waals surface area contributed by atoms with Crippen LogP contribution in [-0.4, -0.2) is 48.1 Å². The summed E-state index contributed by atoms with van der Waals surface area (Å²) in [7, 11) is 0. The minimum atomic E-state index is -0.590. The summed E-state index contributed by atoms with van der Waals surface area (Å²) in [5, 5.41) is 10.4. The third-order valence-corrected chi connectivity index (χ3v) is 5.72. The summed E-state index contributed by atoms with van der Waals surface area (Å²) >= 11 is 0. The summed E-state index contributed by atoms with van der Waals surface area (Å²) in [5.41, 5.74) is 1.66. The van der Waals surface area contributed by atoms with Crippen LogP contribution in [-0.2, 0) is 23.8 Å². The van der Waals surface area contributed by atoms with Gasteiger partial charge in [0.25, 0.3) is 0 Å². The molecule has 1 aliphatic rings. The van der Waals surface area contributed by atoms with E-state index in [9.17, 15) is 14.7 Å². The zero-order valence-corrected chi connectivity index (χ0v) is 19.5.